The Balaban J connectivity index is 2.32. The highest BCUT2D eigenvalue weighted by Gasteiger charge is 2.06. The molecule has 0 aliphatic rings. The van der Waals surface area contributed by atoms with Gasteiger partial charge in [0.05, 0.1) is 12.3 Å². The van der Waals surface area contributed by atoms with E-state index in [9.17, 15) is 4.79 Å². The number of nitrogens with zero attached hydrogens (tertiary/aromatic N) is 2. The van der Waals surface area contributed by atoms with Gasteiger partial charge in [0, 0.05) is 11.8 Å². The van der Waals surface area contributed by atoms with Gasteiger partial charge in [-0.15, -0.1) is 0 Å². The summed E-state index contributed by atoms with van der Waals surface area (Å²) in [5.74, 6) is 0.676. The second-order valence-corrected chi connectivity index (χ2v) is 4.46. The zero-order valence-corrected chi connectivity index (χ0v) is 9.75. The number of ether oxygens (including phenoxy) is 1. The average molecular weight is 237 g/mol. The summed E-state index contributed by atoms with van der Waals surface area (Å²) in [6, 6.07) is 1.82. The van der Waals surface area contributed by atoms with E-state index in [-0.39, 0.29) is 11.0 Å². The quantitative estimate of drug-likeness (QED) is 0.881. The molecule has 0 bridgehead atoms. The van der Waals surface area contributed by atoms with Crippen molar-refractivity contribution in [3.63, 3.8) is 0 Å². The highest BCUT2D eigenvalue weighted by Crippen LogP contribution is 2.22. The highest BCUT2D eigenvalue weighted by atomic mass is 32.1. The number of H-pyrrole nitrogens is 1. The number of rotatable bonds is 3. The molecule has 0 aliphatic carbocycles. The van der Waals surface area contributed by atoms with Crippen LogP contribution in [0.5, 0.6) is 5.75 Å². The van der Waals surface area contributed by atoms with Crippen molar-refractivity contribution in [2.45, 2.75) is 20.0 Å². The number of nitrogens with one attached hydrogen (secondary N) is 1. The van der Waals surface area contributed by atoms with Crippen LogP contribution in [0.2, 0.25) is 0 Å². The molecular weight excluding hydrogens is 226 g/mol. The Morgan fingerprint density at radius 1 is 1.44 bits per heavy atom. The Kier molecular flexibility index (Phi) is 3.00. The first-order valence-corrected chi connectivity index (χ1v) is 5.64. The van der Waals surface area contributed by atoms with Crippen LogP contribution in [0.15, 0.2) is 23.3 Å². The molecule has 5 nitrogen and oxygen atoms in total. The molecule has 0 atom stereocenters. The number of hydrogen-bond acceptors (Lipinski definition) is 5. The molecule has 6 heteroatoms. The molecule has 0 radical (unpaired) electrons. The first-order valence-electron chi connectivity index (χ1n) is 4.83. The minimum atomic E-state index is -0.176. The summed E-state index contributed by atoms with van der Waals surface area (Å²) in [4.78, 5) is 14.8. The van der Waals surface area contributed by atoms with E-state index in [4.69, 9.17) is 4.74 Å². The topological polar surface area (TPSA) is 67.9 Å². The first kappa shape index (κ1) is 10.8. The smallest absolute Gasteiger partial charge is 0.322 e. The fourth-order valence-electron chi connectivity index (χ4n) is 1.23. The van der Waals surface area contributed by atoms with Crippen molar-refractivity contribution in [3.8, 4) is 16.3 Å². The molecule has 1 N–H and O–H groups in total. The maximum absolute atomic E-state index is 11.0. The summed E-state index contributed by atoms with van der Waals surface area (Å²) < 4.78 is 5.51. The minimum absolute atomic E-state index is 0.0926. The van der Waals surface area contributed by atoms with Crippen molar-refractivity contribution in [1.29, 1.82) is 0 Å². The summed E-state index contributed by atoms with van der Waals surface area (Å²) in [6.07, 6.45) is 3.38. The normalized spacial score (nSPS) is 10.7. The van der Waals surface area contributed by atoms with Crippen LogP contribution in [0.1, 0.15) is 13.8 Å². The third kappa shape index (κ3) is 2.46. The number of aromatic amines is 1. The summed E-state index contributed by atoms with van der Waals surface area (Å²) >= 11 is 1.05. The molecule has 84 valence electrons. The summed E-state index contributed by atoms with van der Waals surface area (Å²) in [7, 11) is 0. The lowest BCUT2D eigenvalue weighted by molar-refractivity contribution is 0.241. The minimum Gasteiger partial charge on any atom is -0.489 e. The molecule has 0 amide bonds. The van der Waals surface area contributed by atoms with Crippen LogP contribution in [0.4, 0.5) is 0 Å². The fraction of sp³-hybridized carbons (Fsp3) is 0.300. The number of hydrogen-bond donors (Lipinski definition) is 1. The third-order valence-corrected chi connectivity index (χ3v) is 2.57. The van der Waals surface area contributed by atoms with Crippen molar-refractivity contribution >= 4 is 11.3 Å². The maximum atomic E-state index is 11.0. The van der Waals surface area contributed by atoms with E-state index in [2.05, 4.69) is 15.2 Å². The molecule has 0 saturated carbocycles. The maximum Gasteiger partial charge on any atom is 0.322 e. The van der Waals surface area contributed by atoms with Gasteiger partial charge < -0.3 is 4.74 Å². The van der Waals surface area contributed by atoms with Crippen molar-refractivity contribution in [3.05, 3.63) is 28.1 Å². The second-order valence-electron chi connectivity index (χ2n) is 3.49. The van der Waals surface area contributed by atoms with Crippen LogP contribution < -0.4 is 9.61 Å². The van der Waals surface area contributed by atoms with Gasteiger partial charge in [-0.25, -0.2) is 5.10 Å². The molecule has 0 aromatic carbocycles. The second kappa shape index (κ2) is 4.44. The average Bonchev–Trinajstić information content (AvgIpc) is 2.64. The van der Waals surface area contributed by atoms with Crippen LogP contribution in [-0.2, 0) is 0 Å². The van der Waals surface area contributed by atoms with Crippen LogP contribution in [0, 0.1) is 0 Å². The van der Waals surface area contributed by atoms with Gasteiger partial charge >= 0.3 is 4.87 Å². The molecule has 16 heavy (non-hydrogen) atoms. The van der Waals surface area contributed by atoms with E-state index in [1.165, 1.54) is 0 Å². The van der Waals surface area contributed by atoms with Crippen LogP contribution in [0.3, 0.4) is 0 Å². The zero-order chi connectivity index (χ0) is 11.5. The van der Waals surface area contributed by atoms with E-state index in [1.54, 1.807) is 12.4 Å². The van der Waals surface area contributed by atoms with Crippen LogP contribution in [0.25, 0.3) is 10.6 Å². The van der Waals surface area contributed by atoms with Gasteiger partial charge in [-0.2, -0.15) is 5.10 Å². The Morgan fingerprint density at radius 2 is 2.25 bits per heavy atom. The van der Waals surface area contributed by atoms with E-state index >= 15 is 0 Å². The van der Waals surface area contributed by atoms with Gasteiger partial charge in [0.1, 0.15) is 10.8 Å². The van der Waals surface area contributed by atoms with Gasteiger partial charge in [-0.3, -0.25) is 9.78 Å². The van der Waals surface area contributed by atoms with Crippen molar-refractivity contribution < 1.29 is 4.74 Å². The number of pyridine rings is 1. The van der Waals surface area contributed by atoms with E-state index < -0.39 is 0 Å². The lowest BCUT2D eigenvalue weighted by Gasteiger charge is -2.09. The van der Waals surface area contributed by atoms with E-state index in [0.29, 0.717) is 10.8 Å². The highest BCUT2D eigenvalue weighted by molar-refractivity contribution is 7.12. The fourth-order valence-corrected chi connectivity index (χ4v) is 1.81. The Morgan fingerprint density at radius 3 is 2.88 bits per heavy atom. The molecule has 0 spiro atoms. The monoisotopic (exact) mass is 237 g/mol. The molecule has 2 aromatic heterocycles. The van der Waals surface area contributed by atoms with Crippen molar-refractivity contribution in [2.75, 3.05) is 0 Å². The zero-order valence-electron chi connectivity index (χ0n) is 8.93. The van der Waals surface area contributed by atoms with Gasteiger partial charge in [-0.1, -0.05) is 11.3 Å². The molecule has 2 heterocycles. The molecule has 0 aliphatic heterocycles. The number of aromatic nitrogens is 3. The first-order chi connectivity index (χ1) is 7.65. The summed E-state index contributed by atoms with van der Waals surface area (Å²) in [5.41, 5.74) is 0.779. The molecule has 2 rings (SSSR count). The largest absolute Gasteiger partial charge is 0.489 e. The summed E-state index contributed by atoms with van der Waals surface area (Å²) in [5, 5.41) is 6.88. The molecule has 2 aromatic rings. The molecular formula is C10H11N3O2S. The third-order valence-electron chi connectivity index (χ3n) is 1.77. The standard InChI is InChI=1S/C10H11N3O2S/c1-6(2)15-8-3-7(4-11-5-8)9-12-13-10(14)16-9/h3-6H,1-2H3,(H,13,14). The Bertz CT molecular complexity index is 533. The van der Waals surface area contributed by atoms with Gasteiger partial charge in [0.15, 0.2) is 0 Å². The predicted octanol–water partition coefficient (Wildman–Crippen LogP) is 1.68. The van der Waals surface area contributed by atoms with Crippen LogP contribution in [-0.4, -0.2) is 21.3 Å². The molecule has 0 fully saturated rings. The van der Waals surface area contributed by atoms with E-state index in [0.717, 1.165) is 16.9 Å². The molecule has 0 saturated heterocycles. The van der Waals surface area contributed by atoms with Gasteiger partial charge in [0.25, 0.3) is 0 Å². The van der Waals surface area contributed by atoms with Crippen molar-refractivity contribution in [2.24, 2.45) is 0 Å². The van der Waals surface area contributed by atoms with Crippen LogP contribution >= 0.6 is 11.3 Å². The lowest BCUT2D eigenvalue weighted by Crippen LogP contribution is -2.05. The summed E-state index contributed by atoms with van der Waals surface area (Å²) in [6.45, 7) is 3.89. The SMILES string of the molecule is CC(C)Oc1cncc(-c2n[nH]c(=O)s2)c1. The van der Waals surface area contributed by atoms with Crippen molar-refractivity contribution in [1.82, 2.24) is 15.2 Å². The van der Waals surface area contributed by atoms with Gasteiger partial charge in [0.2, 0.25) is 0 Å². The molecule has 0 unspecified atom stereocenters. The Labute approximate surface area is 96.1 Å². The van der Waals surface area contributed by atoms with E-state index in [1.807, 2.05) is 19.9 Å². The Hall–Kier alpha value is -1.69. The lowest BCUT2D eigenvalue weighted by atomic mass is 10.3. The predicted molar refractivity (Wildman–Crippen MR) is 61.7 cm³/mol. The van der Waals surface area contributed by atoms with Gasteiger partial charge in [-0.05, 0) is 19.9 Å².